The van der Waals surface area contributed by atoms with Gasteiger partial charge in [0.05, 0.1) is 6.61 Å². The third-order valence-corrected chi connectivity index (χ3v) is 2.70. The number of hydrogen-bond acceptors (Lipinski definition) is 7. The largest absolute Gasteiger partial charge is 0.394 e. The minimum absolute atomic E-state index is 0.316. The summed E-state index contributed by atoms with van der Waals surface area (Å²) in [6, 6.07) is 0. The second-order valence-electron chi connectivity index (χ2n) is 4.31. The molecular formula is C11H23NO7. The summed E-state index contributed by atoms with van der Waals surface area (Å²) in [6.45, 7) is 1.40. The maximum absolute atomic E-state index is 11.4. The molecule has 0 saturated carbocycles. The van der Waals surface area contributed by atoms with Crippen LogP contribution in [0.1, 0.15) is 19.8 Å². The summed E-state index contributed by atoms with van der Waals surface area (Å²) in [4.78, 5) is 11.4. The highest BCUT2D eigenvalue weighted by Gasteiger charge is 2.36. The average Bonchev–Trinajstić information content (AvgIpc) is 2.43. The first-order valence-electron chi connectivity index (χ1n) is 6.15. The third-order valence-electron chi connectivity index (χ3n) is 2.70. The van der Waals surface area contributed by atoms with Crippen LogP contribution in [0.25, 0.3) is 0 Å². The number of nitrogens with one attached hydrogen (secondary N) is 1. The van der Waals surface area contributed by atoms with Crippen molar-refractivity contribution >= 4 is 5.91 Å². The van der Waals surface area contributed by atoms with Crippen LogP contribution in [0.3, 0.4) is 0 Å². The number of hydrogen-bond donors (Lipinski definition) is 7. The maximum atomic E-state index is 11.4. The quantitative estimate of drug-likeness (QED) is 0.219. The van der Waals surface area contributed by atoms with Gasteiger partial charge in [0.15, 0.2) is 6.10 Å². The van der Waals surface area contributed by atoms with E-state index in [4.69, 9.17) is 10.2 Å². The Labute approximate surface area is 111 Å². The molecule has 5 atom stereocenters. The average molecular weight is 281 g/mol. The van der Waals surface area contributed by atoms with Crippen LogP contribution < -0.4 is 5.32 Å². The predicted molar refractivity (Wildman–Crippen MR) is 65.0 cm³/mol. The second kappa shape index (κ2) is 9.18. The normalized spacial score (nSPS) is 19.3. The van der Waals surface area contributed by atoms with Gasteiger partial charge in [-0.05, 0) is 6.42 Å². The topological polar surface area (TPSA) is 150 Å². The summed E-state index contributed by atoms with van der Waals surface area (Å²) in [7, 11) is 0. The van der Waals surface area contributed by atoms with Crippen LogP contribution in [0.15, 0.2) is 0 Å². The van der Waals surface area contributed by atoms with E-state index in [0.29, 0.717) is 13.0 Å². The molecule has 7 N–H and O–H groups in total. The van der Waals surface area contributed by atoms with Crippen LogP contribution in [-0.2, 0) is 4.79 Å². The molecule has 5 unspecified atom stereocenters. The summed E-state index contributed by atoms with van der Waals surface area (Å²) in [5.41, 5.74) is 0. The Morgan fingerprint density at radius 1 is 1.05 bits per heavy atom. The molecule has 0 aromatic heterocycles. The zero-order valence-electron chi connectivity index (χ0n) is 10.8. The van der Waals surface area contributed by atoms with Crippen molar-refractivity contribution in [2.75, 3.05) is 13.2 Å². The van der Waals surface area contributed by atoms with Crippen molar-refractivity contribution in [3.05, 3.63) is 0 Å². The molecule has 0 rings (SSSR count). The van der Waals surface area contributed by atoms with Crippen LogP contribution in [0.4, 0.5) is 0 Å². The van der Waals surface area contributed by atoms with Gasteiger partial charge in [-0.2, -0.15) is 0 Å². The summed E-state index contributed by atoms with van der Waals surface area (Å²) >= 11 is 0. The smallest absolute Gasteiger partial charge is 0.251 e. The van der Waals surface area contributed by atoms with Gasteiger partial charge in [-0.3, -0.25) is 4.79 Å². The van der Waals surface area contributed by atoms with Crippen LogP contribution in [0.5, 0.6) is 0 Å². The first-order valence-corrected chi connectivity index (χ1v) is 6.15. The Balaban J connectivity index is 4.37. The van der Waals surface area contributed by atoms with Crippen molar-refractivity contribution in [2.24, 2.45) is 0 Å². The standard InChI is InChI=1S/C11H23NO7/c1-2-3-4-12-11(19)10(18)9(17)8(16)7(15)6(14)5-13/h6-10,13-18H,2-5H2,1H3,(H,12,19). The molecule has 0 aromatic carbocycles. The van der Waals surface area contributed by atoms with Gasteiger partial charge in [0.2, 0.25) is 0 Å². The fraction of sp³-hybridized carbons (Fsp3) is 0.909. The molecular weight excluding hydrogens is 258 g/mol. The number of unbranched alkanes of at least 4 members (excludes halogenated alkanes) is 1. The van der Waals surface area contributed by atoms with Gasteiger partial charge in [-0.1, -0.05) is 13.3 Å². The van der Waals surface area contributed by atoms with Crippen LogP contribution in [-0.4, -0.2) is 80.2 Å². The van der Waals surface area contributed by atoms with Crippen molar-refractivity contribution < 1.29 is 35.4 Å². The number of carbonyl (C=O) groups excluding carboxylic acids is 1. The molecule has 0 bridgehead atoms. The molecule has 8 heteroatoms. The molecule has 114 valence electrons. The van der Waals surface area contributed by atoms with Gasteiger partial charge in [0.1, 0.15) is 24.4 Å². The molecule has 0 fully saturated rings. The Bertz CT molecular complexity index is 263. The molecule has 0 saturated heterocycles. The molecule has 0 heterocycles. The van der Waals surface area contributed by atoms with Gasteiger partial charge >= 0.3 is 0 Å². The fourth-order valence-corrected chi connectivity index (χ4v) is 1.37. The van der Waals surface area contributed by atoms with Gasteiger partial charge in [-0.15, -0.1) is 0 Å². The number of carbonyl (C=O) groups is 1. The van der Waals surface area contributed by atoms with Crippen molar-refractivity contribution in [1.29, 1.82) is 0 Å². The third kappa shape index (κ3) is 5.81. The van der Waals surface area contributed by atoms with E-state index in [9.17, 15) is 25.2 Å². The lowest BCUT2D eigenvalue weighted by Crippen LogP contribution is -2.54. The fourth-order valence-electron chi connectivity index (χ4n) is 1.37. The molecule has 0 spiro atoms. The van der Waals surface area contributed by atoms with Crippen LogP contribution >= 0.6 is 0 Å². The highest BCUT2D eigenvalue weighted by molar-refractivity contribution is 5.81. The molecule has 0 radical (unpaired) electrons. The highest BCUT2D eigenvalue weighted by atomic mass is 16.4. The summed E-state index contributed by atoms with van der Waals surface area (Å²) < 4.78 is 0. The Morgan fingerprint density at radius 2 is 1.63 bits per heavy atom. The lowest BCUT2D eigenvalue weighted by molar-refractivity contribution is -0.156. The number of aliphatic hydroxyl groups excluding tert-OH is 6. The van der Waals surface area contributed by atoms with Gasteiger partial charge in [-0.25, -0.2) is 0 Å². The Kier molecular flexibility index (Phi) is 8.81. The second-order valence-corrected chi connectivity index (χ2v) is 4.31. The van der Waals surface area contributed by atoms with Gasteiger partial charge < -0.3 is 36.0 Å². The van der Waals surface area contributed by atoms with Crippen molar-refractivity contribution in [2.45, 2.75) is 50.3 Å². The zero-order chi connectivity index (χ0) is 15.0. The zero-order valence-corrected chi connectivity index (χ0v) is 10.8. The van der Waals surface area contributed by atoms with E-state index in [2.05, 4.69) is 5.32 Å². The molecule has 0 aliphatic rings. The van der Waals surface area contributed by atoms with Crippen molar-refractivity contribution in [1.82, 2.24) is 5.32 Å². The van der Waals surface area contributed by atoms with Crippen LogP contribution in [0.2, 0.25) is 0 Å². The summed E-state index contributed by atoms with van der Waals surface area (Å²) in [5, 5.41) is 57.8. The molecule has 8 nitrogen and oxygen atoms in total. The molecule has 19 heavy (non-hydrogen) atoms. The van der Waals surface area contributed by atoms with E-state index in [1.807, 2.05) is 6.92 Å². The minimum Gasteiger partial charge on any atom is -0.394 e. The van der Waals surface area contributed by atoms with Gasteiger partial charge in [0.25, 0.3) is 5.91 Å². The van der Waals surface area contributed by atoms with Gasteiger partial charge in [0, 0.05) is 6.54 Å². The SMILES string of the molecule is CCCCNC(=O)C(O)C(O)C(O)C(O)C(O)CO. The predicted octanol–water partition coefficient (Wildman–Crippen LogP) is -3.30. The van der Waals surface area contributed by atoms with E-state index < -0.39 is 43.0 Å². The molecule has 0 aliphatic heterocycles. The van der Waals surface area contributed by atoms with Crippen LogP contribution in [0, 0.1) is 0 Å². The van der Waals surface area contributed by atoms with E-state index in [-0.39, 0.29) is 0 Å². The van der Waals surface area contributed by atoms with E-state index in [1.165, 1.54) is 0 Å². The summed E-state index contributed by atoms with van der Waals surface area (Å²) in [5.74, 6) is -0.884. The van der Waals surface area contributed by atoms with E-state index in [1.54, 1.807) is 0 Å². The van der Waals surface area contributed by atoms with E-state index >= 15 is 0 Å². The number of aliphatic hydroxyl groups is 6. The Morgan fingerprint density at radius 3 is 2.11 bits per heavy atom. The lowest BCUT2D eigenvalue weighted by Gasteiger charge is -2.27. The first-order chi connectivity index (χ1) is 8.86. The monoisotopic (exact) mass is 281 g/mol. The van der Waals surface area contributed by atoms with E-state index in [0.717, 1.165) is 6.42 Å². The maximum Gasteiger partial charge on any atom is 0.251 e. The molecule has 1 amide bonds. The van der Waals surface area contributed by atoms with Crippen molar-refractivity contribution in [3.63, 3.8) is 0 Å². The number of amides is 1. The van der Waals surface area contributed by atoms with Crippen molar-refractivity contribution in [3.8, 4) is 0 Å². The number of rotatable bonds is 9. The minimum atomic E-state index is -1.97. The highest BCUT2D eigenvalue weighted by Crippen LogP contribution is 2.08. The summed E-state index contributed by atoms with van der Waals surface area (Å²) in [6.07, 6.45) is -7.90. The molecule has 0 aromatic rings. The lowest BCUT2D eigenvalue weighted by atomic mass is 9.99. The first kappa shape index (κ1) is 18.2. The Hall–Kier alpha value is -0.770. The molecule has 0 aliphatic carbocycles.